The van der Waals surface area contributed by atoms with Gasteiger partial charge in [0.15, 0.2) is 11.8 Å². The van der Waals surface area contributed by atoms with Gasteiger partial charge in [-0.05, 0) is 49.7 Å². The van der Waals surface area contributed by atoms with Crippen molar-refractivity contribution in [2.24, 2.45) is 5.92 Å². The third-order valence-corrected chi connectivity index (χ3v) is 12.7. The minimum absolute atomic E-state index is 0.0414. The van der Waals surface area contributed by atoms with Crippen molar-refractivity contribution in [2.75, 3.05) is 23.0 Å². The predicted octanol–water partition coefficient (Wildman–Crippen LogP) is 3.92. The van der Waals surface area contributed by atoms with Crippen molar-refractivity contribution in [3.8, 4) is 0 Å². The fraction of sp³-hybridized carbons (Fsp3) is 0.515. The average Bonchev–Trinajstić information content (AvgIpc) is 3.67. The first-order valence-electron chi connectivity index (χ1n) is 16.1. The summed E-state index contributed by atoms with van der Waals surface area (Å²) in [7, 11) is -3.61. The second-order valence-electron chi connectivity index (χ2n) is 13.6. The van der Waals surface area contributed by atoms with Crippen LogP contribution in [0.15, 0.2) is 42.5 Å². The number of likely N-dealkylation sites (tertiary alicyclic amines) is 1. The maximum Gasteiger partial charge on any atom is 0.304 e. The van der Waals surface area contributed by atoms with E-state index in [0.717, 1.165) is 6.42 Å². The van der Waals surface area contributed by atoms with Crippen LogP contribution in [0.25, 0.3) is 0 Å². The van der Waals surface area contributed by atoms with E-state index < -0.39 is 54.6 Å². The molecule has 0 aromatic heterocycles. The number of benzene rings is 2. The maximum absolute atomic E-state index is 16.2. The lowest BCUT2D eigenvalue weighted by Crippen LogP contribution is -2.54. The molecule has 2 aromatic rings. The lowest BCUT2D eigenvalue weighted by molar-refractivity contribution is -0.385. The second kappa shape index (κ2) is 12.3. The molecule has 15 heteroatoms. The van der Waals surface area contributed by atoms with Gasteiger partial charge in [-0.25, -0.2) is 0 Å². The summed E-state index contributed by atoms with van der Waals surface area (Å²) in [5.74, 6) is -2.26. The minimum Gasteiger partial charge on any atom is -0.441 e. The zero-order valence-electron chi connectivity index (χ0n) is 27.3. The molecule has 3 fully saturated rings. The van der Waals surface area contributed by atoms with Crippen molar-refractivity contribution in [1.29, 1.82) is 0 Å². The van der Waals surface area contributed by atoms with E-state index in [1.54, 1.807) is 36.1 Å². The number of nitro benzene ring substituents is 1. The highest BCUT2D eigenvalue weighted by atomic mass is 28.4. The quantitative estimate of drug-likeness (QED) is 0.103. The molecule has 4 aliphatic heterocycles. The van der Waals surface area contributed by atoms with E-state index in [-0.39, 0.29) is 55.1 Å². The number of carbonyl (C=O) groups is 4. The number of esters is 1. The predicted molar refractivity (Wildman–Crippen MR) is 173 cm³/mol. The van der Waals surface area contributed by atoms with Gasteiger partial charge in [-0.3, -0.25) is 34.2 Å². The number of nitrogens with zero attached hydrogens (tertiary/aromatic N) is 4. The fourth-order valence-electron chi connectivity index (χ4n) is 8.08. The van der Waals surface area contributed by atoms with Gasteiger partial charge in [0.25, 0.3) is 11.6 Å². The van der Waals surface area contributed by atoms with Gasteiger partial charge in [0.1, 0.15) is 0 Å². The Kier molecular flexibility index (Phi) is 8.66. The Labute approximate surface area is 277 Å². The standard InChI is InChI=1S/C33H39FN4O9Si/c1-19-31(48(3,4)34)27(15-28(41)35-13-5-6-24(35)18-39)47-33(19)25-14-23(38(44)45)11-12-26(25)36(32(33)43)17-21-7-9-22(10-8-21)37-29(42)16-30(37)46-20(2)40/h7-12,14,19,24,27,30-31,39H,5-6,13,15-18H2,1-4H3/t19-,24+,27+,30?,31-,33+/m1/s1. The normalized spacial score (nSPS) is 28.2. The van der Waals surface area contributed by atoms with E-state index in [0.29, 0.717) is 29.9 Å². The average molecular weight is 683 g/mol. The molecule has 48 heavy (non-hydrogen) atoms. The van der Waals surface area contributed by atoms with E-state index >= 15 is 4.11 Å². The number of hydrogen-bond donors (Lipinski definition) is 1. The highest BCUT2D eigenvalue weighted by Gasteiger charge is 2.67. The van der Waals surface area contributed by atoms with Crippen molar-refractivity contribution in [1.82, 2.24) is 4.90 Å². The van der Waals surface area contributed by atoms with E-state index in [4.69, 9.17) is 9.47 Å². The van der Waals surface area contributed by atoms with Crippen LogP contribution in [0.4, 0.5) is 21.2 Å². The first kappa shape index (κ1) is 33.7. The molecule has 6 rings (SSSR count). The Morgan fingerprint density at radius 3 is 2.50 bits per heavy atom. The Bertz CT molecular complexity index is 1670. The molecule has 0 radical (unpaired) electrons. The van der Waals surface area contributed by atoms with Crippen LogP contribution in [0.1, 0.15) is 50.7 Å². The number of β-lactam (4-membered cyclic amide) rings is 1. The number of carbonyl (C=O) groups excluding carboxylic acids is 4. The molecule has 0 bridgehead atoms. The van der Waals surface area contributed by atoms with Crippen LogP contribution in [0.5, 0.6) is 0 Å². The van der Waals surface area contributed by atoms with Gasteiger partial charge < -0.3 is 28.5 Å². The molecule has 2 aromatic carbocycles. The van der Waals surface area contributed by atoms with E-state index in [9.17, 15) is 34.4 Å². The number of non-ortho nitro benzene ring substituents is 1. The van der Waals surface area contributed by atoms with Crippen LogP contribution in [-0.4, -0.2) is 78.6 Å². The number of hydrogen-bond acceptors (Lipinski definition) is 9. The molecule has 0 saturated carbocycles. The van der Waals surface area contributed by atoms with Crippen LogP contribution in [0.2, 0.25) is 18.6 Å². The molecule has 3 saturated heterocycles. The molecule has 1 spiro atoms. The molecule has 13 nitrogen and oxygen atoms in total. The summed E-state index contributed by atoms with van der Waals surface area (Å²) in [4.78, 5) is 67.6. The molecule has 3 amide bonds. The third-order valence-electron chi connectivity index (χ3n) is 10.2. The summed E-state index contributed by atoms with van der Waals surface area (Å²) in [6, 6.07) is 10.6. The zero-order chi connectivity index (χ0) is 34.7. The van der Waals surface area contributed by atoms with Gasteiger partial charge in [0.05, 0.1) is 48.7 Å². The fourth-order valence-corrected chi connectivity index (χ4v) is 10.6. The smallest absolute Gasteiger partial charge is 0.304 e. The molecule has 6 atom stereocenters. The number of amides is 3. The highest BCUT2D eigenvalue weighted by Crippen LogP contribution is 2.60. The summed E-state index contributed by atoms with van der Waals surface area (Å²) < 4.78 is 28.0. The number of rotatable bonds is 9. The molecule has 4 heterocycles. The lowest BCUT2D eigenvalue weighted by atomic mass is 9.82. The monoisotopic (exact) mass is 682 g/mol. The van der Waals surface area contributed by atoms with Crippen molar-refractivity contribution in [3.63, 3.8) is 0 Å². The number of nitro groups is 1. The molecule has 256 valence electrons. The number of halogens is 1. The Balaban J connectivity index is 1.33. The number of ether oxygens (including phenoxy) is 2. The highest BCUT2D eigenvalue weighted by molar-refractivity contribution is 6.72. The van der Waals surface area contributed by atoms with Crippen LogP contribution >= 0.6 is 0 Å². The molecular formula is C33H39FN4O9Si. The molecule has 0 aliphatic carbocycles. The van der Waals surface area contributed by atoms with Crippen LogP contribution < -0.4 is 9.80 Å². The summed E-state index contributed by atoms with van der Waals surface area (Å²) in [6.07, 6.45) is -0.362. The van der Waals surface area contributed by atoms with Gasteiger partial charge in [-0.1, -0.05) is 19.1 Å². The van der Waals surface area contributed by atoms with Crippen LogP contribution in [-0.2, 0) is 40.8 Å². The van der Waals surface area contributed by atoms with E-state index in [1.807, 2.05) is 0 Å². The summed E-state index contributed by atoms with van der Waals surface area (Å²) in [6.45, 7) is 6.35. The summed E-state index contributed by atoms with van der Waals surface area (Å²) in [5, 5.41) is 21.7. The van der Waals surface area contributed by atoms with E-state index in [1.165, 1.54) is 48.0 Å². The van der Waals surface area contributed by atoms with Crippen molar-refractivity contribution in [3.05, 3.63) is 63.7 Å². The Morgan fingerprint density at radius 1 is 1.19 bits per heavy atom. The molecule has 1 N–H and O–H groups in total. The van der Waals surface area contributed by atoms with Crippen molar-refractivity contribution < 1.29 is 42.8 Å². The first-order chi connectivity index (χ1) is 22.7. The number of fused-ring (bicyclic) bond motifs is 2. The maximum atomic E-state index is 16.2. The Morgan fingerprint density at radius 2 is 1.90 bits per heavy atom. The van der Waals surface area contributed by atoms with Gasteiger partial charge >= 0.3 is 5.97 Å². The van der Waals surface area contributed by atoms with E-state index in [2.05, 4.69) is 0 Å². The summed E-state index contributed by atoms with van der Waals surface area (Å²) in [5.41, 5.74) is -0.973. The van der Waals surface area contributed by atoms with Crippen LogP contribution in [0, 0.1) is 16.0 Å². The second-order valence-corrected chi connectivity index (χ2v) is 17.4. The molecule has 4 aliphatic rings. The van der Waals surface area contributed by atoms with Gasteiger partial charge in [-0.2, -0.15) is 0 Å². The number of aliphatic hydroxyl groups excluding tert-OH is 1. The first-order valence-corrected chi connectivity index (χ1v) is 19.1. The van der Waals surface area contributed by atoms with Gasteiger partial charge in [-0.15, -0.1) is 0 Å². The van der Waals surface area contributed by atoms with Gasteiger partial charge in [0, 0.05) is 48.3 Å². The minimum atomic E-state index is -3.61. The third kappa shape index (κ3) is 5.56. The Hall–Kier alpha value is -4.21. The molecule has 1 unspecified atom stereocenters. The number of aliphatic hydroxyl groups is 1. The van der Waals surface area contributed by atoms with Gasteiger partial charge in [0.2, 0.25) is 20.2 Å². The number of anilines is 2. The van der Waals surface area contributed by atoms with Crippen molar-refractivity contribution in [2.45, 2.75) is 88.7 Å². The molecular weight excluding hydrogens is 643 g/mol. The SMILES string of the molecule is CC(=O)OC1CC(=O)N1c1ccc(CN2C(=O)[C@@]3(O[C@@H](CC(=O)N4CCC[C@H]4CO)[C@H]([Si](C)(C)F)[C@H]3C)c3cc([N+](=O)[O-])ccc32)cc1. The lowest BCUT2D eigenvalue weighted by Gasteiger charge is -2.39. The summed E-state index contributed by atoms with van der Waals surface area (Å²) >= 11 is 0. The van der Waals surface area contributed by atoms with Crippen molar-refractivity contribution >= 4 is 49.2 Å². The van der Waals surface area contributed by atoms with Crippen LogP contribution in [0.3, 0.4) is 0 Å². The zero-order valence-corrected chi connectivity index (χ0v) is 28.3. The largest absolute Gasteiger partial charge is 0.441 e. The topological polar surface area (TPSA) is 160 Å².